The number of esters is 2. The van der Waals surface area contributed by atoms with Crippen molar-refractivity contribution >= 4 is 18.1 Å². The lowest BCUT2D eigenvalue weighted by Gasteiger charge is -2.05. The molecule has 0 fully saturated rings. The molecule has 0 aromatic carbocycles. The summed E-state index contributed by atoms with van der Waals surface area (Å²) in [6, 6.07) is 0. The van der Waals surface area contributed by atoms with E-state index >= 15 is 0 Å². The van der Waals surface area contributed by atoms with Crippen LogP contribution in [0.2, 0.25) is 0 Å². The normalized spacial score (nSPS) is 10.8. The zero-order valence-electron chi connectivity index (χ0n) is 21.1. The summed E-state index contributed by atoms with van der Waals surface area (Å²) in [7, 11) is 0. The third-order valence-electron chi connectivity index (χ3n) is 5.86. The molecule has 5 nitrogen and oxygen atoms in total. The monoisotopic (exact) mass is 454 g/mol. The molecule has 0 aromatic rings. The fourth-order valence-corrected chi connectivity index (χ4v) is 3.82. The van der Waals surface area contributed by atoms with Gasteiger partial charge in [-0.3, -0.25) is 9.59 Å². The Hall–Kier alpha value is -1.39. The van der Waals surface area contributed by atoms with Crippen molar-refractivity contribution in [2.24, 2.45) is 0 Å². The molecule has 188 valence electrons. The highest BCUT2D eigenvalue weighted by molar-refractivity contribution is 5.88. The molecule has 0 aliphatic heterocycles. The first-order chi connectivity index (χ1) is 15.6. The van der Waals surface area contributed by atoms with Crippen molar-refractivity contribution in [3.8, 4) is 0 Å². The summed E-state index contributed by atoms with van der Waals surface area (Å²) in [5.41, 5.74) is 0. The number of ether oxygens (including phenoxy) is 2. The van der Waals surface area contributed by atoms with Crippen LogP contribution in [0.4, 0.5) is 4.79 Å². The van der Waals surface area contributed by atoms with Crippen LogP contribution >= 0.6 is 0 Å². The average Bonchev–Trinajstić information content (AvgIpc) is 2.76. The van der Waals surface area contributed by atoms with Gasteiger partial charge in [-0.2, -0.15) is 0 Å². The summed E-state index contributed by atoms with van der Waals surface area (Å²) in [6.07, 6.45) is 22.7. The first-order valence-electron chi connectivity index (χ1n) is 13.6. The van der Waals surface area contributed by atoms with Gasteiger partial charge in [0.15, 0.2) is 0 Å². The maximum atomic E-state index is 11.7. The Morgan fingerprint density at radius 1 is 0.406 bits per heavy atom. The van der Waals surface area contributed by atoms with E-state index in [4.69, 9.17) is 0 Å². The summed E-state index contributed by atoms with van der Waals surface area (Å²) < 4.78 is 9.16. The Morgan fingerprint density at radius 2 is 0.656 bits per heavy atom. The lowest BCUT2D eigenvalue weighted by Crippen LogP contribution is -2.17. The van der Waals surface area contributed by atoms with E-state index in [0.717, 1.165) is 25.7 Å². The van der Waals surface area contributed by atoms with Gasteiger partial charge in [0.2, 0.25) is 0 Å². The van der Waals surface area contributed by atoms with E-state index in [1.165, 1.54) is 89.9 Å². The van der Waals surface area contributed by atoms with Gasteiger partial charge < -0.3 is 9.47 Å². The van der Waals surface area contributed by atoms with Crippen molar-refractivity contribution in [3.05, 3.63) is 0 Å². The molecular weight excluding hydrogens is 404 g/mol. The molecule has 0 amide bonds. The van der Waals surface area contributed by atoms with Crippen LogP contribution in [0.5, 0.6) is 0 Å². The minimum absolute atomic E-state index is 0.193. The highest BCUT2D eigenvalue weighted by atomic mass is 16.8. The molecule has 0 aromatic heterocycles. The number of unbranched alkanes of at least 4 members (excludes halogenated alkanes) is 18. The Kier molecular flexibility index (Phi) is 23.2. The fourth-order valence-electron chi connectivity index (χ4n) is 3.82. The Morgan fingerprint density at radius 3 is 0.938 bits per heavy atom. The van der Waals surface area contributed by atoms with E-state index in [9.17, 15) is 14.4 Å². The zero-order chi connectivity index (χ0) is 23.7. The van der Waals surface area contributed by atoms with Crippen molar-refractivity contribution in [1.82, 2.24) is 0 Å². The second-order valence-corrected chi connectivity index (χ2v) is 9.06. The first-order valence-corrected chi connectivity index (χ1v) is 13.6. The molecule has 0 atom stereocenters. The molecule has 0 unspecified atom stereocenters. The number of carbonyl (C=O) groups excluding carboxylic acids is 3. The molecule has 0 bridgehead atoms. The molecule has 0 spiro atoms. The molecule has 0 rings (SSSR count). The summed E-state index contributed by atoms with van der Waals surface area (Å²) in [5, 5.41) is 0. The van der Waals surface area contributed by atoms with Crippen molar-refractivity contribution in [1.29, 1.82) is 0 Å². The molecule has 0 radical (unpaired) electrons. The minimum atomic E-state index is -1.18. The molecule has 0 saturated heterocycles. The van der Waals surface area contributed by atoms with Gasteiger partial charge in [0.1, 0.15) is 0 Å². The predicted molar refractivity (Wildman–Crippen MR) is 131 cm³/mol. The van der Waals surface area contributed by atoms with E-state index in [2.05, 4.69) is 23.3 Å². The van der Waals surface area contributed by atoms with E-state index < -0.39 is 18.1 Å². The Labute approximate surface area is 197 Å². The van der Waals surface area contributed by atoms with E-state index in [1.54, 1.807) is 0 Å². The SMILES string of the molecule is CCCCCCCCCCCCC(=O)OC(=O)OC(=O)CCCCCCCCCCCC. The average molecular weight is 455 g/mol. The van der Waals surface area contributed by atoms with Gasteiger partial charge in [-0.1, -0.05) is 129 Å². The van der Waals surface area contributed by atoms with Gasteiger partial charge in [0.05, 0.1) is 0 Å². The smallest absolute Gasteiger partial charge is 0.360 e. The molecule has 0 N–H and O–H groups in total. The number of carbonyl (C=O) groups is 3. The minimum Gasteiger partial charge on any atom is -0.360 e. The third kappa shape index (κ3) is 23.3. The molecule has 0 aliphatic carbocycles. The van der Waals surface area contributed by atoms with Crippen LogP contribution < -0.4 is 0 Å². The number of rotatable bonds is 22. The van der Waals surface area contributed by atoms with E-state index in [1.807, 2.05) is 0 Å². The highest BCUT2D eigenvalue weighted by Gasteiger charge is 2.15. The number of hydrogen-bond acceptors (Lipinski definition) is 5. The fraction of sp³-hybridized carbons (Fsp3) is 0.889. The lowest BCUT2D eigenvalue weighted by molar-refractivity contribution is -0.146. The van der Waals surface area contributed by atoms with Crippen molar-refractivity contribution in [2.45, 2.75) is 155 Å². The molecule has 0 heterocycles. The summed E-state index contributed by atoms with van der Waals surface area (Å²) in [4.78, 5) is 34.9. The van der Waals surface area contributed by atoms with Crippen LogP contribution in [0.15, 0.2) is 0 Å². The van der Waals surface area contributed by atoms with E-state index in [0.29, 0.717) is 12.8 Å². The van der Waals surface area contributed by atoms with Gasteiger partial charge in [-0.25, -0.2) is 4.79 Å². The molecule has 5 heteroatoms. The van der Waals surface area contributed by atoms with Gasteiger partial charge in [0, 0.05) is 12.8 Å². The second kappa shape index (κ2) is 24.3. The topological polar surface area (TPSA) is 69.7 Å². The number of hydrogen-bond donors (Lipinski definition) is 0. The maximum absolute atomic E-state index is 11.7. The predicted octanol–water partition coefficient (Wildman–Crippen LogP) is 8.81. The van der Waals surface area contributed by atoms with Gasteiger partial charge in [-0.15, -0.1) is 0 Å². The summed E-state index contributed by atoms with van der Waals surface area (Å²) in [6.45, 7) is 4.45. The Balaban J connectivity index is 3.47. The van der Waals surface area contributed by atoms with Crippen LogP contribution in [-0.4, -0.2) is 18.1 Å². The maximum Gasteiger partial charge on any atom is 0.524 e. The zero-order valence-corrected chi connectivity index (χ0v) is 21.1. The van der Waals surface area contributed by atoms with Gasteiger partial charge in [-0.05, 0) is 12.8 Å². The lowest BCUT2D eigenvalue weighted by atomic mass is 10.1. The van der Waals surface area contributed by atoms with Gasteiger partial charge in [0.25, 0.3) is 0 Å². The van der Waals surface area contributed by atoms with Gasteiger partial charge >= 0.3 is 18.1 Å². The van der Waals surface area contributed by atoms with Crippen LogP contribution in [0.1, 0.15) is 155 Å². The van der Waals surface area contributed by atoms with Crippen molar-refractivity contribution in [3.63, 3.8) is 0 Å². The molecular formula is C27H50O5. The van der Waals surface area contributed by atoms with Crippen LogP contribution in [0, 0.1) is 0 Å². The largest absolute Gasteiger partial charge is 0.524 e. The van der Waals surface area contributed by atoms with Crippen LogP contribution in [-0.2, 0) is 19.1 Å². The summed E-state index contributed by atoms with van der Waals surface area (Å²) >= 11 is 0. The third-order valence-corrected chi connectivity index (χ3v) is 5.86. The Bertz CT molecular complexity index is 421. The molecule has 0 saturated carbocycles. The molecule has 32 heavy (non-hydrogen) atoms. The quantitative estimate of drug-likeness (QED) is 0.0928. The standard InChI is InChI=1S/C27H50O5/c1-3-5-7-9-11-13-15-17-19-21-23-25(28)31-27(30)32-26(29)24-22-20-18-16-14-12-10-8-6-4-2/h3-24H2,1-2H3. The van der Waals surface area contributed by atoms with Crippen LogP contribution in [0.3, 0.4) is 0 Å². The van der Waals surface area contributed by atoms with E-state index in [-0.39, 0.29) is 12.8 Å². The second-order valence-electron chi connectivity index (χ2n) is 9.06. The van der Waals surface area contributed by atoms with Crippen molar-refractivity contribution < 1.29 is 23.9 Å². The summed E-state index contributed by atoms with van der Waals surface area (Å²) in [5.74, 6) is -1.22. The highest BCUT2D eigenvalue weighted by Crippen LogP contribution is 2.13. The molecule has 0 aliphatic rings. The first kappa shape index (κ1) is 30.6. The van der Waals surface area contributed by atoms with Crippen molar-refractivity contribution in [2.75, 3.05) is 0 Å². The van der Waals surface area contributed by atoms with Crippen LogP contribution in [0.25, 0.3) is 0 Å².